The summed E-state index contributed by atoms with van der Waals surface area (Å²) in [6.07, 6.45) is 0. The first kappa shape index (κ1) is 20.1. The van der Waals surface area contributed by atoms with Crippen molar-refractivity contribution in [3.8, 4) is 22.4 Å². The highest BCUT2D eigenvalue weighted by Crippen LogP contribution is 2.35. The van der Waals surface area contributed by atoms with E-state index in [9.17, 15) is 4.79 Å². The van der Waals surface area contributed by atoms with Crippen molar-refractivity contribution in [3.63, 3.8) is 0 Å². The molecule has 0 atom stereocenters. The van der Waals surface area contributed by atoms with Gasteiger partial charge in [-0.3, -0.25) is 9.36 Å². The summed E-state index contributed by atoms with van der Waals surface area (Å²) >= 11 is 14.1. The second-order valence-corrected chi connectivity index (χ2v) is 9.06. The van der Waals surface area contributed by atoms with Crippen molar-refractivity contribution in [3.05, 3.63) is 68.2 Å². The summed E-state index contributed by atoms with van der Waals surface area (Å²) in [5.74, 6) is 0. The molecule has 5 rings (SSSR count). The molecule has 0 aliphatic heterocycles. The van der Waals surface area contributed by atoms with Gasteiger partial charge in [-0.25, -0.2) is 4.98 Å². The van der Waals surface area contributed by atoms with Crippen molar-refractivity contribution >= 4 is 61.6 Å². The third-order valence-corrected chi connectivity index (χ3v) is 6.99. The van der Waals surface area contributed by atoms with Gasteiger partial charge in [0.2, 0.25) is 0 Å². The molecule has 0 bridgehead atoms. The number of aryl methyl sites for hydroxylation is 2. The molecule has 5 aromatic rings. The molecule has 3 heterocycles. The summed E-state index contributed by atoms with van der Waals surface area (Å²) in [5.41, 5.74) is 4.93. The minimum absolute atomic E-state index is 0.110. The van der Waals surface area contributed by atoms with Gasteiger partial charge in [-0.2, -0.15) is 0 Å². The first-order chi connectivity index (χ1) is 14.9. The molecule has 31 heavy (non-hydrogen) atoms. The Morgan fingerprint density at radius 2 is 1.77 bits per heavy atom. The van der Waals surface area contributed by atoms with Gasteiger partial charge in [-0.05, 0) is 30.3 Å². The number of aromatic nitrogens is 3. The summed E-state index contributed by atoms with van der Waals surface area (Å²) in [7, 11) is 5.62. The molecule has 156 valence electrons. The number of anilines is 1. The molecule has 0 unspecified atom stereocenters. The lowest BCUT2D eigenvalue weighted by Gasteiger charge is -2.09. The molecule has 2 aromatic carbocycles. The maximum Gasteiger partial charge on any atom is 0.259 e. The van der Waals surface area contributed by atoms with Crippen LogP contribution in [0.3, 0.4) is 0 Å². The van der Waals surface area contributed by atoms with Gasteiger partial charge in [-0.1, -0.05) is 35.3 Å². The van der Waals surface area contributed by atoms with Crippen molar-refractivity contribution in [2.24, 2.45) is 14.1 Å². The van der Waals surface area contributed by atoms with Gasteiger partial charge in [0.25, 0.3) is 5.56 Å². The highest BCUT2D eigenvalue weighted by Gasteiger charge is 2.18. The molecule has 5 nitrogen and oxygen atoms in total. The zero-order chi connectivity index (χ0) is 21.9. The van der Waals surface area contributed by atoms with E-state index in [1.807, 2.05) is 30.1 Å². The SMILES string of the molecule is CNc1nc(-c2ccc3c(c2)c2cc(-c4ccc(Cl)cc4Cl)c(=O)n(C)c2n3C)cs1. The Kier molecular flexibility index (Phi) is 4.81. The summed E-state index contributed by atoms with van der Waals surface area (Å²) in [6.45, 7) is 0. The molecular formula is C23H18Cl2N4OS. The van der Waals surface area contributed by atoms with E-state index in [-0.39, 0.29) is 5.56 Å². The Morgan fingerprint density at radius 3 is 2.48 bits per heavy atom. The normalized spacial score (nSPS) is 11.5. The standard InChI is InChI=1S/C23H18Cl2N4OS/c1-26-23-27-19(11-31-23)12-4-7-20-15(8-12)16-10-17(14-6-5-13(24)9-18(14)25)22(30)29(3)21(16)28(20)2/h4-11H,1-3H3,(H,26,27). The largest absolute Gasteiger partial charge is 0.365 e. The van der Waals surface area contributed by atoms with E-state index in [0.717, 1.165) is 38.3 Å². The van der Waals surface area contributed by atoms with Crippen LogP contribution >= 0.6 is 34.5 Å². The fourth-order valence-corrected chi connectivity index (χ4v) is 5.26. The number of nitrogens with zero attached hydrogens (tertiary/aromatic N) is 3. The van der Waals surface area contributed by atoms with Gasteiger partial charge in [0.05, 0.1) is 16.2 Å². The van der Waals surface area contributed by atoms with E-state index in [1.54, 1.807) is 41.2 Å². The molecule has 0 aliphatic rings. The van der Waals surface area contributed by atoms with Crippen LogP contribution < -0.4 is 10.9 Å². The molecule has 1 N–H and O–H groups in total. The summed E-state index contributed by atoms with van der Waals surface area (Å²) in [4.78, 5) is 17.8. The Labute approximate surface area is 192 Å². The third kappa shape index (κ3) is 3.14. The zero-order valence-electron chi connectivity index (χ0n) is 17.0. The van der Waals surface area contributed by atoms with Gasteiger partial charge in [0, 0.05) is 59.0 Å². The van der Waals surface area contributed by atoms with E-state index in [4.69, 9.17) is 23.2 Å². The maximum atomic E-state index is 13.2. The van der Waals surface area contributed by atoms with Crippen molar-refractivity contribution in [1.29, 1.82) is 0 Å². The molecule has 0 amide bonds. The molecule has 0 saturated carbocycles. The van der Waals surface area contributed by atoms with Crippen LogP contribution in [0.2, 0.25) is 10.0 Å². The van der Waals surface area contributed by atoms with E-state index >= 15 is 0 Å². The van der Waals surface area contributed by atoms with Gasteiger partial charge >= 0.3 is 0 Å². The summed E-state index contributed by atoms with van der Waals surface area (Å²) in [5, 5.41) is 9.00. The van der Waals surface area contributed by atoms with Crippen LogP contribution in [0.1, 0.15) is 0 Å². The summed E-state index contributed by atoms with van der Waals surface area (Å²) in [6, 6.07) is 13.4. The highest BCUT2D eigenvalue weighted by molar-refractivity contribution is 7.14. The zero-order valence-corrected chi connectivity index (χ0v) is 19.4. The van der Waals surface area contributed by atoms with Gasteiger partial charge in [-0.15, -0.1) is 11.3 Å². The second kappa shape index (κ2) is 7.41. The van der Waals surface area contributed by atoms with Crippen LogP contribution in [0, 0.1) is 0 Å². The van der Waals surface area contributed by atoms with Gasteiger partial charge in [0.1, 0.15) is 5.65 Å². The topological polar surface area (TPSA) is 51.9 Å². The van der Waals surface area contributed by atoms with Crippen LogP contribution in [0.4, 0.5) is 5.13 Å². The van der Waals surface area contributed by atoms with Gasteiger partial charge < -0.3 is 9.88 Å². The van der Waals surface area contributed by atoms with E-state index < -0.39 is 0 Å². The number of hydrogen-bond acceptors (Lipinski definition) is 4. The van der Waals surface area contributed by atoms with Crippen molar-refractivity contribution in [1.82, 2.24) is 14.1 Å². The lowest BCUT2D eigenvalue weighted by atomic mass is 10.0. The maximum absolute atomic E-state index is 13.2. The minimum Gasteiger partial charge on any atom is -0.365 e. The van der Waals surface area contributed by atoms with Crippen LogP contribution in [0.5, 0.6) is 0 Å². The van der Waals surface area contributed by atoms with Crippen LogP contribution in [-0.2, 0) is 14.1 Å². The van der Waals surface area contributed by atoms with Crippen LogP contribution in [0.25, 0.3) is 44.3 Å². The molecule has 3 aromatic heterocycles. The number of fused-ring (bicyclic) bond motifs is 3. The van der Waals surface area contributed by atoms with Crippen molar-refractivity contribution in [2.75, 3.05) is 12.4 Å². The fourth-order valence-electron chi connectivity index (χ4n) is 4.07. The Bertz CT molecular complexity index is 1550. The first-order valence-corrected chi connectivity index (χ1v) is 11.2. The van der Waals surface area contributed by atoms with Crippen LogP contribution in [0.15, 0.2) is 52.6 Å². The predicted molar refractivity (Wildman–Crippen MR) is 132 cm³/mol. The number of halogens is 2. The molecule has 0 radical (unpaired) electrons. The Balaban J connectivity index is 1.82. The molecule has 0 fully saturated rings. The van der Waals surface area contributed by atoms with Crippen molar-refractivity contribution < 1.29 is 0 Å². The highest BCUT2D eigenvalue weighted by atomic mass is 35.5. The number of pyridine rings is 1. The lowest BCUT2D eigenvalue weighted by molar-refractivity contribution is 0.846. The van der Waals surface area contributed by atoms with E-state index in [0.29, 0.717) is 21.2 Å². The molecular weight excluding hydrogens is 451 g/mol. The van der Waals surface area contributed by atoms with Gasteiger partial charge in [0.15, 0.2) is 5.13 Å². The number of hydrogen-bond donors (Lipinski definition) is 1. The Hall–Kier alpha value is -2.80. The Morgan fingerprint density at radius 1 is 0.968 bits per heavy atom. The van der Waals surface area contributed by atoms with Crippen molar-refractivity contribution in [2.45, 2.75) is 0 Å². The summed E-state index contributed by atoms with van der Waals surface area (Å²) < 4.78 is 3.72. The quantitative estimate of drug-likeness (QED) is 0.344. The minimum atomic E-state index is -0.110. The molecule has 0 spiro atoms. The molecule has 0 aliphatic carbocycles. The fraction of sp³-hybridized carbons (Fsp3) is 0.130. The average Bonchev–Trinajstić information content (AvgIpc) is 3.34. The molecule has 8 heteroatoms. The monoisotopic (exact) mass is 468 g/mol. The van der Waals surface area contributed by atoms with Crippen LogP contribution in [-0.4, -0.2) is 21.2 Å². The number of rotatable bonds is 3. The second-order valence-electron chi connectivity index (χ2n) is 7.36. The van der Waals surface area contributed by atoms with E-state index in [1.165, 1.54) is 0 Å². The smallest absolute Gasteiger partial charge is 0.259 e. The average molecular weight is 469 g/mol. The lowest BCUT2D eigenvalue weighted by Crippen LogP contribution is -2.20. The number of thiazole rings is 1. The molecule has 0 saturated heterocycles. The first-order valence-electron chi connectivity index (χ1n) is 9.60. The number of benzene rings is 2. The number of nitrogens with one attached hydrogen (secondary N) is 1. The third-order valence-electron chi connectivity index (χ3n) is 5.58. The predicted octanol–water partition coefficient (Wildman–Crippen LogP) is 6.17. The van der Waals surface area contributed by atoms with E-state index in [2.05, 4.69) is 28.5 Å².